The molecule has 9 nitrogen and oxygen atoms in total. The molecule has 9 heteroatoms. The molecule has 1 amide bonds. The molecule has 0 aromatic carbocycles. The number of aliphatic hydroxyl groups excluding tert-OH is 5. The van der Waals surface area contributed by atoms with Crippen molar-refractivity contribution < 1.29 is 39.8 Å². The number of carbonyl (C=O) groups is 1. The molecule has 0 spiro atoms. The predicted molar refractivity (Wildman–Crippen MR) is 331 cm³/mol. The summed E-state index contributed by atoms with van der Waals surface area (Å²) in [5.41, 5.74) is 0. The van der Waals surface area contributed by atoms with Crippen molar-refractivity contribution in [2.75, 3.05) is 13.2 Å². The summed E-state index contributed by atoms with van der Waals surface area (Å²) >= 11 is 0. The second-order valence-electron chi connectivity index (χ2n) is 20.4. The summed E-state index contributed by atoms with van der Waals surface area (Å²) in [5.74, 6) is -0.225. The quantitative estimate of drug-likeness (QED) is 0.0261. The van der Waals surface area contributed by atoms with Crippen LogP contribution in [0.5, 0.6) is 0 Å². The lowest BCUT2D eigenvalue weighted by Crippen LogP contribution is -2.60. The summed E-state index contributed by atoms with van der Waals surface area (Å²) in [7, 11) is 0. The van der Waals surface area contributed by atoms with Crippen LogP contribution in [0.3, 0.4) is 0 Å². The smallest absolute Gasteiger partial charge is 0.220 e. The number of hydrogen-bond donors (Lipinski definition) is 6. The highest BCUT2D eigenvalue weighted by molar-refractivity contribution is 5.76. The number of aliphatic hydroxyl groups is 5. The molecule has 1 aliphatic heterocycles. The second-order valence-corrected chi connectivity index (χ2v) is 20.4. The van der Waals surface area contributed by atoms with E-state index in [0.29, 0.717) is 6.42 Å². The monoisotopic (exact) mass is 1080 g/mol. The van der Waals surface area contributed by atoms with Gasteiger partial charge in [-0.25, -0.2) is 0 Å². The zero-order valence-corrected chi connectivity index (χ0v) is 48.8. The molecule has 440 valence electrons. The molecule has 0 saturated carbocycles. The first-order valence-electron chi connectivity index (χ1n) is 30.7. The summed E-state index contributed by atoms with van der Waals surface area (Å²) in [4.78, 5) is 13.1. The van der Waals surface area contributed by atoms with E-state index in [1.54, 1.807) is 6.08 Å². The summed E-state index contributed by atoms with van der Waals surface area (Å²) in [6.07, 6.45) is 81.7. The van der Waals surface area contributed by atoms with Crippen molar-refractivity contribution >= 4 is 5.91 Å². The van der Waals surface area contributed by atoms with E-state index < -0.39 is 49.5 Å². The predicted octanol–water partition coefficient (Wildman–Crippen LogP) is 16.0. The second kappa shape index (κ2) is 56.1. The third kappa shape index (κ3) is 44.6. The Bertz CT molecular complexity index is 1780. The Labute approximate surface area is 475 Å². The minimum Gasteiger partial charge on any atom is -0.394 e. The number of ether oxygens (including phenoxy) is 2. The minimum atomic E-state index is -1.59. The van der Waals surface area contributed by atoms with E-state index in [4.69, 9.17) is 9.47 Å². The molecule has 78 heavy (non-hydrogen) atoms. The van der Waals surface area contributed by atoms with Gasteiger partial charge < -0.3 is 40.3 Å². The molecule has 1 heterocycles. The van der Waals surface area contributed by atoms with Crippen LogP contribution in [-0.4, -0.2) is 87.5 Å². The molecule has 1 fully saturated rings. The normalized spacial score (nSPS) is 19.8. The standard InChI is InChI=1S/C69H111NO8/c1-3-5-7-9-11-13-15-17-19-21-23-24-25-26-27-28-29-30-31-32-33-34-35-36-37-38-39-40-41-43-45-47-49-51-53-55-57-59-65(73)70-62(61-77-69-68(76)67(75)66(74)64(60-71)78-69)63(72)58-56-54-52-50-48-46-44-42-22-20-18-16-14-12-10-8-6-4-2/h5,7,11,13,17,19,23-24,26-27,29-30,32-33,35-36,38-39,41,43,47-50,56,58,62-64,66-69,71-72,74-76H,3-4,6,8-10,12,14-16,18,20-22,25,28,31,34,37,40,42,44-46,51-55,57,59-61H2,1-2H3,(H,70,73)/b7-5-,13-11-,19-17-,24-23-,27-26-,30-29-,33-32-,36-35-,39-38-,43-41-,49-47-,50-48+,58-56+. The molecule has 0 bridgehead atoms. The summed E-state index contributed by atoms with van der Waals surface area (Å²) < 4.78 is 11.2. The van der Waals surface area contributed by atoms with Crippen LogP contribution in [0.2, 0.25) is 0 Å². The Balaban J connectivity index is 2.26. The van der Waals surface area contributed by atoms with E-state index in [1.807, 2.05) is 6.08 Å². The lowest BCUT2D eigenvalue weighted by Gasteiger charge is -2.40. The molecule has 1 rings (SSSR count). The maximum absolute atomic E-state index is 13.1. The van der Waals surface area contributed by atoms with Gasteiger partial charge in [0.15, 0.2) is 6.29 Å². The number of hydrogen-bond acceptors (Lipinski definition) is 8. The van der Waals surface area contributed by atoms with Gasteiger partial charge in [-0.15, -0.1) is 0 Å². The van der Waals surface area contributed by atoms with Gasteiger partial charge in [0.2, 0.25) is 5.91 Å². The largest absolute Gasteiger partial charge is 0.394 e. The van der Waals surface area contributed by atoms with Crippen LogP contribution >= 0.6 is 0 Å². The van der Waals surface area contributed by atoms with Crippen LogP contribution in [-0.2, 0) is 14.3 Å². The molecule has 7 atom stereocenters. The Morgan fingerprint density at radius 3 is 1.23 bits per heavy atom. The van der Waals surface area contributed by atoms with Crippen molar-refractivity contribution in [1.82, 2.24) is 5.32 Å². The summed E-state index contributed by atoms with van der Waals surface area (Å²) in [6, 6.07) is -0.852. The molecule has 6 N–H and O–H groups in total. The first kappa shape index (κ1) is 71.8. The summed E-state index contributed by atoms with van der Waals surface area (Å²) in [5, 5.41) is 54.5. The molecule has 7 unspecified atom stereocenters. The van der Waals surface area contributed by atoms with Gasteiger partial charge in [-0.1, -0.05) is 249 Å². The lowest BCUT2D eigenvalue weighted by atomic mass is 9.99. The van der Waals surface area contributed by atoms with E-state index in [2.05, 4.69) is 165 Å². The van der Waals surface area contributed by atoms with Gasteiger partial charge in [0.25, 0.3) is 0 Å². The van der Waals surface area contributed by atoms with Crippen molar-refractivity contribution in [3.05, 3.63) is 158 Å². The van der Waals surface area contributed by atoms with Gasteiger partial charge in [-0.3, -0.25) is 4.79 Å². The first-order valence-corrected chi connectivity index (χ1v) is 30.7. The number of allylic oxidation sites excluding steroid dienone is 25. The van der Waals surface area contributed by atoms with Crippen LogP contribution in [0.1, 0.15) is 213 Å². The lowest BCUT2D eigenvalue weighted by molar-refractivity contribution is -0.302. The number of amides is 1. The topological polar surface area (TPSA) is 149 Å². The molecule has 1 saturated heterocycles. The zero-order valence-electron chi connectivity index (χ0n) is 48.8. The van der Waals surface area contributed by atoms with Crippen molar-refractivity contribution in [1.29, 1.82) is 0 Å². The third-order valence-electron chi connectivity index (χ3n) is 13.3. The van der Waals surface area contributed by atoms with Crippen LogP contribution in [0.25, 0.3) is 0 Å². The molecule has 0 aromatic rings. The van der Waals surface area contributed by atoms with Crippen LogP contribution in [0, 0.1) is 0 Å². The SMILES string of the molecule is CC/C=C\C/C=C\C/C=C\C/C=C\C/C=C\C/C=C\C/C=C\C/C=C\C/C=C\C/C=C\C/C=C\CCCCCC(=O)NC(COC1OC(CO)C(O)C(O)C1O)C(O)/C=C/CC/C=C/CCCCCCCCCCCCCC. The van der Waals surface area contributed by atoms with Crippen LogP contribution < -0.4 is 5.32 Å². The fraction of sp³-hybridized carbons (Fsp3) is 0.609. The van der Waals surface area contributed by atoms with Crippen molar-refractivity contribution in [3.8, 4) is 0 Å². The Hall–Kier alpha value is -4.19. The Morgan fingerprint density at radius 1 is 0.449 bits per heavy atom. The van der Waals surface area contributed by atoms with E-state index in [0.717, 1.165) is 109 Å². The van der Waals surface area contributed by atoms with Gasteiger partial charge in [-0.05, 0) is 116 Å². The maximum atomic E-state index is 13.1. The maximum Gasteiger partial charge on any atom is 0.220 e. The van der Waals surface area contributed by atoms with Crippen LogP contribution in [0.15, 0.2) is 158 Å². The molecule has 1 aliphatic rings. The van der Waals surface area contributed by atoms with Crippen molar-refractivity contribution in [3.63, 3.8) is 0 Å². The molecular weight excluding hydrogens is 971 g/mol. The Kier molecular flexibility index (Phi) is 51.7. The number of carbonyl (C=O) groups excluding carboxylic acids is 1. The van der Waals surface area contributed by atoms with Gasteiger partial charge >= 0.3 is 0 Å². The van der Waals surface area contributed by atoms with Gasteiger partial charge in [-0.2, -0.15) is 0 Å². The highest BCUT2D eigenvalue weighted by Crippen LogP contribution is 2.23. The molecule has 0 aromatic heterocycles. The highest BCUT2D eigenvalue weighted by Gasteiger charge is 2.44. The summed E-state index contributed by atoms with van der Waals surface area (Å²) in [6.45, 7) is 3.62. The van der Waals surface area contributed by atoms with E-state index in [9.17, 15) is 30.3 Å². The van der Waals surface area contributed by atoms with Crippen molar-refractivity contribution in [2.45, 2.75) is 256 Å². The van der Waals surface area contributed by atoms with E-state index in [1.165, 1.54) is 77.0 Å². The van der Waals surface area contributed by atoms with E-state index >= 15 is 0 Å². The molecule has 0 aliphatic carbocycles. The molecular formula is C69H111NO8. The Morgan fingerprint density at radius 2 is 0.808 bits per heavy atom. The van der Waals surface area contributed by atoms with Gasteiger partial charge in [0.05, 0.1) is 25.4 Å². The van der Waals surface area contributed by atoms with Crippen LogP contribution in [0.4, 0.5) is 0 Å². The average molecular weight is 1080 g/mol. The molecule has 0 radical (unpaired) electrons. The average Bonchev–Trinajstić information content (AvgIpc) is 3.45. The minimum absolute atomic E-state index is 0.225. The first-order chi connectivity index (χ1) is 38.3. The number of unbranched alkanes of at least 4 members (excludes halogenated alkanes) is 16. The third-order valence-corrected chi connectivity index (χ3v) is 13.3. The number of nitrogens with one attached hydrogen (secondary N) is 1. The van der Waals surface area contributed by atoms with Gasteiger partial charge in [0, 0.05) is 6.42 Å². The zero-order chi connectivity index (χ0) is 56.5. The van der Waals surface area contributed by atoms with Gasteiger partial charge in [0.1, 0.15) is 24.4 Å². The van der Waals surface area contributed by atoms with E-state index in [-0.39, 0.29) is 18.9 Å². The highest BCUT2D eigenvalue weighted by atomic mass is 16.7. The number of rotatable bonds is 50. The fourth-order valence-electron chi connectivity index (χ4n) is 8.53. The van der Waals surface area contributed by atoms with Crippen molar-refractivity contribution in [2.24, 2.45) is 0 Å². The fourth-order valence-corrected chi connectivity index (χ4v) is 8.53.